The Morgan fingerprint density at radius 2 is 2.14 bits per heavy atom. The minimum Gasteiger partial charge on any atom is -0.314 e. The maximum absolute atomic E-state index is 12.6. The topological polar surface area (TPSA) is 35.6 Å². The van der Waals surface area contributed by atoms with Gasteiger partial charge in [0.1, 0.15) is 0 Å². The van der Waals surface area contributed by atoms with Crippen molar-refractivity contribution in [2.24, 2.45) is 0 Å². The number of rotatable bonds is 2. The van der Waals surface area contributed by atoms with Gasteiger partial charge in [0.25, 0.3) is 0 Å². The zero-order valence-corrected chi connectivity index (χ0v) is 13.4. The van der Waals surface area contributed by atoms with E-state index < -0.39 is 0 Å². The van der Waals surface area contributed by atoms with Crippen LogP contribution in [0.2, 0.25) is 0 Å². The van der Waals surface area contributed by atoms with Gasteiger partial charge in [-0.05, 0) is 31.4 Å². The number of carbonyl (C=O) groups excluding carboxylic acids is 1. The number of aryl methyl sites for hydroxylation is 1. The maximum Gasteiger partial charge on any atom is 0.241 e. The van der Waals surface area contributed by atoms with Crippen molar-refractivity contribution in [2.75, 3.05) is 37.6 Å². The fourth-order valence-electron chi connectivity index (χ4n) is 3.17. The Morgan fingerprint density at radius 1 is 1.33 bits per heavy atom. The molecule has 0 radical (unpaired) electrons. The van der Waals surface area contributed by atoms with Crippen LogP contribution in [0.1, 0.15) is 18.9 Å². The van der Waals surface area contributed by atoms with E-state index >= 15 is 0 Å². The molecule has 1 saturated heterocycles. The van der Waals surface area contributed by atoms with E-state index in [4.69, 9.17) is 0 Å². The van der Waals surface area contributed by atoms with Crippen LogP contribution in [0.5, 0.6) is 0 Å². The molecule has 116 valence electrons. The zero-order valence-electron chi connectivity index (χ0n) is 12.5. The third-order valence-electron chi connectivity index (χ3n) is 4.39. The molecule has 1 unspecified atom stereocenters. The molecule has 1 aromatic carbocycles. The standard InChI is InChI=1S/C16H23N3O.ClH/c1-13-11-17-8-10-18(13)12-16(20)19-9-4-6-14-5-2-3-7-15(14)19;/h2-3,5,7,13,17H,4,6,8-12H2,1H3;1H. The average molecular weight is 310 g/mol. The number of fused-ring (bicyclic) bond motifs is 1. The second kappa shape index (κ2) is 7.25. The van der Waals surface area contributed by atoms with E-state index in [1.807, 2.05) is 11.0 Å². The van der Waals surface area contributed by atoms with Gasteiger partial charge < -0.3 is 10.2 Å². The van der Waals surface area contributed by atoms with E-state index in [1.165, 1.54) is 5.56 Å². The van der Waals surface area contributed by atoms with Gasteiger partial charge in [-0.1, -0.05) is 18.2 Å². The van der Waals surface area contributed by atoms with Crippen molar-refractivity contribution >= 4 is 24.0 Å². The molecule has 0 aromatic heterocycles. The molecule has 5 heteroatoms. The summed E-state index contributed by atoms with van der Waals surface area (Å²) in [5, 5.41) is 3.37. The summed E-state index contributed by atoms with van der Waals surface area (Å²) in [6.07, 6.45) is 2.16. The number of benzene rings is 1. The average Bonchev–Trinajstić information content (AvgIpc) is 2.49. The van der Waals surface area contributed by atoms with Crippen LogP contribution in [0.3, 0.4) is 0 Å². The number of anilines is 1. The second-order valence-corrected chi connectivity index (χ2v) is 5.80. The predicted octanol–water partition coefficient (Wildman–Crippen LogP) is 1.68. The molecule has 2 heterocycles. The Balaban J connectivity index is 0.00000161. The molecule has 0 bridgehead atoms. The highest BCUT2D eigenvalue weighted by atomic mass is 35.5. The first-order valence-corrected chi connectivity index (χ1v) is 7.59. The van der Waals surface area contributed by atoms with Gasteiger partial charge in [0.05, 0.1) is 6.54 Å². The van der Waals surface area contributed by atoms with Crippen molar-refractivity contribution in [1.29, 1.82) is 0 Å². The molecule has 1 aromatic rings. The van der Waals surface area contributed by atoms with Crippen LogP contribution in [0.25, 0.3) is 0 Å². The summed E-state index contributed by atoms with van der Waals surface area (Å²) in [4.78, 5) is 16.9. The summed E-state index contributed by atoms with van der Waals surface area (Å²) in [5.74, 6) is 0.242. The van der Waals surface area contributed by atoms with Crippen molar-refractivity contribution in [3.63, 3.8) is 0 Å². The molecule has 0 spiro atoms. The first-order valence-electron chi connectivity index (χ1n) is 7.59. The highest BCUT2D eigenvalue weighted by Gasteiger charge is 2.26. The van der Waals surface area contributed by atoms with Crippen LogP contribution in [0.4, 0.5) is 5.69 Å². The molecular formula is C16H24ClN3O. The number of para-hydroxylation sites is 1. The lowest BCUT2D eigenvalue weighted by Crippen LogP contribution is -2.53. The number of carbonyl (C=O) groups is 1. The predicted molar refractivity (Wildman–Crippen MR) is 88.3 cm³/mol. The molecule has 1 fully saturated rings. The van der Waals surface area contributed by atoms with E-state index in [-0.39, 0.29) is 18.3 Å². The van der Waals surface area contributed by atoms with Crippen molar-refractivity contribution < 1.29 is 4.79 Å². The van der Waals surface area contributed by atoms with Gasteiger partial charge in [-0.3, -0.25) is 9.69 Å². The van der Waals surface area contributed by atoms with Crippen LogP contribution in [-0.2, 0) is 11.2 Å². The van der Waals surface area contributed by atoms with Crippen molar-refractivity contribution in [1.82, 2.24) is 10.2 Å². The quantitative estimate of drug-likeness (QED) is 0.903. The van der Waals surface area contributed by atoms with Crippen LogP contribution in [0, 0.1) is 0 Å². The SMILES string of the molecule is CC1CNCCN1CC(=O)N1CCCc2ccccc21.Cl. The summed E-state index contributed by atoms with van der Waals surface area (Å²) < 4.78 is 0. The largest absolute Gasteiger partial charge is 0.314 e. The van der Waals surface area contributed by atoms with Gasteiger partial charge in [-0.15, -0.1) is 12.4 Å². The second-order valence-electron chi connectivity index (χ2n) is 5.80. The summed E-state index contributed by atoms with van der Waals surface area (Å²) in [5.41, 5.74) is 2.42. The summed E-state index contributed by atoms with van der Waals surface area (Å²) >= 11 is 0. The molecular weight excluding hydrogens is 286 g/mol. The van der Waals surface area contributed by atoms with E-state index in [9.17, 15) is 4.79 Å². The molecule has 2 aliphatic rings. The molecule has 1 atom stereocenters. The van der Waals surface area contributed by atoms with Gasteiger partial charge in [0, 0.05) is 37.9 Å². The van der Waals surface area contributed by atoms with Crippen LogP contribution < -0.4 is 10.2 Å². The number of amides is 1. The molecule has 0 aliphatic carbocycles. The van der Waals surface area contributed by atoms with Gasteiger partial charge >= 0.3 is 0 Å². The van der Waals surface area contributed by atoms with Crippen molar-refractivity contribution in [3.05, 3.63) is 29.8 Å². The normalized spacial score (nSPS) is 22.3. The molecule has 3 rings (SSSR count). The third kappa shape index (κ3) is 3.57. The van der Waals surface area contributed by atoms with Crippen LogP contribution in [-0.4, -0.2) is 49.6 Å². The number of halogens is 1. The summed E-state index contributed by atoms with van der Waals surface area (Å²) in [6, 6.07) is 8.74. The molecule has 21 heavy (non-hydrogen) atoms. The molecule has 0 saturated carbocycles. The Kier molecular flexibility index (Phi) is 5.62. The van der Waals surface area contributed by atoms with E-state index in [2.05, 4.69) is 35.3 Å². The van der Waals surface area contributed by atoms with E-state index in [1.54, 1.807) is 0 Å². The first kappa shape index (κ1) is 16.3. The Bertz CT molecular complexity index is 494. The Hall–Kier alpha value is -1.10. The first-order chi connectivity index (χ1) is 9.75. The van der Waals surface area contributed by atoms with Gasteiger partial charge in [0.2, 0.25) is 5.91 Å². The summed E-state index contributed by atoms with van der Waals surface area (Å²) in [7, 11) is 0. The maximum atomic E-state index is 12.6. The lowest BCUT2D eigenvalue weighted by atomic mass is 10.0. The van der Waals surface area contributed by atoms with Gasteiger partial charge in [0.15, 0.2) is 0 Å². The highest BCUT2D eigenvalue weighted by molar-refractivity contribution is 5.96. The Morgan fingerprint density at radius 3 is 2.95 bits per heavy atom. The molecule has 1 N–H and O–H groups in total. The molecule has 4 nitrogen and oxygen atoms in total. The lowest BCUT2D eigenvalue weighted by molar-refractivity contribution is -0.120. The van der Waals surface area contributed by atoms with Crippen molar-refractivity contribution in [2.45, 2.75) is 25.8 Å². The van der Waals surface area contributed by atoms with Crippen molar-refractivity contribution in [3.8, 4) is 0 Å². The van der Waals surface area contributed by atoms with Gasteiger partial charge in [-0.25, -0.2) is 0 Å². The molecule has 2 aliphatic heterocycles. The van der Waals surface area contributed by atoms with Crippen LogP contribution >= 0.6 is 12.4 Å². The fourth-order valence-corrected chi connectivity index (χ4v) is 3.17. The van der Waals surface area contributed by atoms with E-state index in [0.717, 1.165) is 44.7 Å². The summed E-state index contributed by atoms with van der Waals surface area (Å²) in [6.45, 7) is 6.50. The number of nitrogens with one attached hydrogen (secondary N) is 1. The minimum absolute atomic E-state index is 0. The monoisotopic (exact) mass is 309 g/mol. The smallest absolute Gasteiger partial charge is 0.241 e. The number of piperazine rings is 1. The Labute approximate surface area is 132 Å². The van der Waals surface area contributed by atoms with Gasteiger partial charge in [-0.2, -0.15) is 0 Å². The lowest BCUT2D eigenvalue weighted by Gasteiger charge is -2.36. The van der Waals surface area contributed by atoms with Crippen LogP contribution in [0.15, 0.2) is 24.3 Å². The fraction of sp³-hybridized carbons (Fsp3) is 0.562. The number of nitrogens with zero attached hydrogens (tertiary/aromatic N) is 2. The highest BCUT2D eigenvalue weighted by Crippen LogP contribution is 2.26. The molecule has 1 amide bonds. The van der Waals surface area contributed by atoms with E-state index in [0.29, 0.717) is 12.6 Å². The minimum atomic E-state index is 0. The number of hydrogen-bond donors (Lipinski definition) is 1. The third-order valence-corrected chi connectivity index (χ3v) is 4.39. The zero-order chi connectivity index (χ0) is 13.9. The number of hydrogen-bond acceptors (Lipinski definition) is 3.